The summed E-state index contributed by atoms with van der Waals surface area (Å²) in [5.41, 5.74) is 3.49. The highest BCUT2D eigenvalue weighted by molar-refractivity contribution is 6.34. The lowest BCUT2D eigenvalue weighted by atomic mass is 9.84. The number of nitrogen functional groups attached to an aromatic ring is 1. The molecule has 13 heteroatoms. The number of halogens is 5. The van der Waals surface area contributed by atoms with Gasteiger partial charge in [-0.1, -0.05) is 25.4 Å². The zero-order valence-electron chi connectivity index (χ0n) is 26.4. The van der Waals surface area contributed by atoms with Crippen LogP contribution in [0, 0.1) is 23.6 Å². The standard InChI is InChI=1S/C33H40ClF4N7O/c1-18-11-23(39)41-28(25(18)33(36,37)38)24-22(34)12-21-27(26(24)35)42-30(43-29(21)45-13-19-5-6-20(14-45)40-19)46-17-32(8-9-32)16-44-10-4-7-31(2,3)15-44/h11-12,19-20,40H,4-10,13-17H2,1-3H3,(H2,39,41). The third-order valence-corrected chi connectivity index (χ3v) is 10.4. The molecular formula is C33H40ClF4N7O. The van der Waals surface area contributed by atoms with Gasteiger partial charge in [-0.3, -0.25) is 0 Å². The molecule has 2 atom stereocenters. The van der Waals surface area contributed by atoms with Crippen LogP contribution in [0.3, 0.4) is 0 Å². The first-order chi connectivity index (χ1) is 21.7. The average Bonchev–Trinajstić information content (AvgIpc) is 3.63. The molecule has 0 spiro atoms. The number of aromatic nitrogens is 3. The Balaban J connectivity index is 1.29. The maximum Gasteiger partial charge on any atom is 0.418 e. The average molecular weight is 662 g/mol. The van der Waals surface area contributed by atoms with Crippen molar-refractivity contribution in [1.29, 1.82) is 0 Å². The quantitative estimate of drug-likeness (QED) is 0.273. The van der Waals surface area contributed by atoms with Crippen molar-refractivity contribution < 1.29 is 22.3 Å². The number of likely N-dealkylation sites (tertiary alicyclic amines) is 1. The first-order valence-corrected chi connectivity index (χ1v) is 16.5. The van der Waals surface area contributed by atoms with Crippen LogP contribution in [0.15, 0.2) is 12.1 Å². The van der Waals surface area contributed by atoms with Crippen LogP contribution in [0.5, 0.6) is 6.01 Å². The molecule has 46 heavy (non-hydrogen) atoms. The van der Waals surface area contributed by atoms with Crippen LogP contribution in [-0.2, 0) is 6.18 Å². The van der Waals surface area contributed by atoms with E-state index >= 15 is 4.39 Å². The largest absolute Gasteiger partial charge is 0.463 e. The number of anilines is 2. The number of pyridine rings is 1. The van der Waals surface area contributed by atoms with Crippen LogP contribution in [0.2, 0.25) is 5.02 Å². The lowest BCUT2D eigenvalue weighted by molar-refractivity contribution is -0.137. The summed E-state index contributed by atoms with van der Waals surface area (Å²) in [5.74, 6) is -0.735. The topological polar surface area (TPSA) is 92.4 Å². The van der Waals surface area contributed by atoms with Gasteiger partial charge in [-0.2, -0.15) is 23.1 Å². The fourth-order valence-corrected chi connectivity index (χ4v) is 8.07. The Hall–Kier alpha value is -2.96. The van der Waals surface area contributed by atoms with Crippen molar-refractivity contribution in [1.82, 2.24) is 25.2 Å². The predicted octanol–water partition coefficient (Wildman–Crippen LogP) is 6.62. The summed E-state index contributed by atoms with van der Waals surface area (Å²) >= 11 is 6.62. The van der Waals surface area contributed by atoms with E-state index in [2.05, 4.69) is 38.9 Å². The molecule has 4 aliphatic rings. The summed E-state index contributed by atoms with van der Waals surface area (Å²) in [6.07, 6.45) is 1.61. The summed E-state index contributed by atoms with van der Waals surface area (Å²) in [7, 11) is 0. The number of nitrogens with one attached hydrogen (secondary N) is 1. The Labute approximate surface area is 271 Å². The molecule has 1 aromatic carbocycles. The molecule has 1 aliphatic carbocycles. The molecule has 0 amide bonds. The van der Waals surface area contributed by atoms with E-state index in [0.29, 0.717) is 30.9 Å². The molecule has 7 rings (SSSR count). The van der Waals surface area contributed by atoms with E-state index in [4.69, 9.17) is 27.1 Å². The van der Waals surface area contributed by atoms with Gasteiger partial charge in [0.25, 0.3) is 0 Å². The second-order valence-corrected chi connectivity index (χ2v) is 15.1. The highest BCUT2D eigenvalue weighted by atomic mass is 35.5. The predicted molar refractivity (Wildman–Crippen MR) is 171 cm³/mol. The van der Waals surface area contributed by atoms with E-state index in [1.54, 1.807) is 0 Å². The monoisotopic (exact) mass is 661 g/mol. The molecule has 4 fully saturated rings. The van der Waals surface area contributed by atoms with Gasteiger partial charge in [-0.05, 0) is 75.1 Å². The van der Waals surface area contributed by atoms with Crippen molar-refractivity contribution in [2.75, 3.05) is 50.0 Å². The number of rotatable bonds is 7. The smallest absolute Gasteiger partial charge is 0.418 e. The zero-order valence-corrected chi connectivity index (χ0v) is 27.2. The van der Waals surface area contributed by atoms with Gasteiger partial charge in [0.15, 0.2) is 5.82 Å². The fourth-order valence-electron chi connectivity index (χ4n) is 7.79. The van der Waals surface area contributed by atoms with E-state index in [-0.39, 0.29) is 50.8 Å². The fraction of sp³-hybridized carbons (Fsp3) is 0.606. The van der Waals surface area contributed by atoms with Crippen LogP contribution in [0.4, 0.5) is 29.2 Å². The van der Waals surface area contributed by atoms with Crippen molar-refractivity contribution in [3.8, 4) is 17.3 Å². The Morgan fingerprint density at radius 1 is 1.09 bits per heavy atom. The molecule has 0 radical (unpaired) electrons. The summed E-state index contributed by atoms with van der Waals surface area (Å²) < 4.78 is 65.8. The van der Waals surface area contributed by atoms with E-state index < -0.39 is 28.8 Å². The summed E-state index contributed by atoms with van der Waals surface area (Å²) in [6, 6.07) is 3.07. The van der Waals surface area contributed by atoms with Crippen LogP contribution < -0.4 is 20.7 Å². The van der Waals surface area contributed by atoms with Gasteiger partial charge in [-0.25, -0.2) is 9.37 Å². The van der Waals surface area contributed by atoms with Crippen LogP contribution in [-0.4, -0.2) is 71.3 Å². The molecule has 2 bridgehead atoms. The van der Waals surface area contributed by atoms with Crippen LogP contribution >= 0.6 is 11.6 Å². The molecule has 3 saturated heterocycles. The van der Waals surface area contributed by atoms with Gasteiger partial charge in [-0.15, -0.1) is 0 Å². The second-order valence-electron chi connectivity index (χ2n) is 14.7. The number of benzene rings is 1. The second kappa shape index (κ2) is 11.3. The highest BCUT2D eigenvalue weighted by Gasteiger charge is 2.46. The SMILES string of the molecule is Cc1cc(N)nc(-c2c(Cl)cc3c(N4CC5CCC(C4)N5)nc(OCC4(CN5CCCC(C)(C)C5)CC4)nc3c2F)c1C(F)(F)F. The van der Waals surface area contributed by atoms with E-state index in [1.807, 2.05) is 0 Å². The summed E-state index contributed by atoms with van der Waals surface area (Å²) in [5, 5.41) is 3.67. The lowest BCUT2D eigenvalue weighted by Crippen LogP contribution is -2.51. The maximum absolute atomic E-state index is 16.7. The number of piperazine rings is 1. The normalized spacial score (nSPS) is 24.0. The van der Waals surface area contributed by atoms with Crippen molar-refractivity contribution in [2.24, 2.45) is 10.8 Å². The van der Waals surface area contributed by atoms with E-state index in [9.17, 15) is 13.2 Å². The van der Waals surface area contributed by atoms with Gasteiger partial charge < -0.3 is 25.6 Å². The number of nitrogens with two attached hydrogens (primary N) is 1. The minimum Gasteiger partial charge on any atom is -0.463 e. The van der Waals surface area contributed by atoms with E-state index in [1.165, 1.54) is 19.4 Å². The van der Waals surface area contributed by atoms with Crippen molar-refractivity contribution in [3.05, 3.63) is 34.1 Å². The summed E-state index contributed by atoms with van der Waals surface area (Å²) in [4.78, 5) is 17.8. The van der Waals surface area contributed by atoms with Crippen LogP contribution in [0.25, 0.3) is 22.2 Å². The maximum atomic E-state index is 16.7. The van der Waals surface area contributed by atoms with E-state index in [0.717, 1.165) is 57.8 Å². The third-order valence-electron chi connectivity index (χ3n) is 10.1. The first kappa shape index (κ1) is 31.6. The Kier molecular flexibility index (Phi) is 7.79. The number of piperidine rings is 1. The molecule has 3 aliphatic heterocycles. The van der Waals surface area contributed by atoms with Gasteiger partial charge in [0.05, 0.1) is 28.5 Å². The Morgan fingerprint density at radius 2 is 1.80 bits per heavy atom. The van der Waals surface area contributed by atoms with Crippen molar-refractivity contribution in [3.63, 3.8) is 0 Å². The number of ether oxygens (including phenoxy) is 1. The molecule has 8 nitrogen and oxygen atoms in total. The van der Waals surface area contributed by atoms with Crippen LogP contribution in [0.1, 0.15) is 63.5 Å². The highest BCUT2D eigenvalue weighted by Crippen LogP contribution is 2.48. The van der Waals surface area contributed by atoms with Gasteiger partial charge in [0, 0.05) is 49.1 Å². The number of alkyl halides is 3. The zero-order chi connectivity index (χ0) is 32.6. The molecule has 3 aromatic rings. The Morgan fingerprint density at radius 3 is 2.46 bits per heavy atom. The van der Waals surface area contributed by atoms with Crippen molar-refractivity contribution >= 4 is 34.1 Å². The number of nitrogens with zero attached hydrogens (tertiary/aromatic N) is 5. The molecule has 2 aromatic heterocycles. The first-order valence-electron chi connectivity index (χ1n) is 16.1. The molecule has 3 N–H and O–H groups in total. The number of fused-ring (bicyclic) bond motifs is 3. The minimum atomic E-state index is -4.82. The van der Waals surface area contributed by atoms with Gasteiger partial charge >= 0.3 is 12.2 Å². The minimum absolute atomic E-state index is 0.00133. The number of aryl methyl sites for hydroxylation is 1. The number of hydrogen-bond donors (Lipinski definition) is 2. The number of hydrogen-bond acceptors (Lipinski definition) is 8. The van der Waals surface area contributed by atoms with Gasteiger partial charge in [0.1, 0.15) is 17.2 Å². The molecule has 2 unspecified atom stereocenters. The Bertz CT molecular complexity index is 1670. The van der Waals surface area contributed by atoms with Crippen molar-refractivity contribution in [2.45, 2.75) is 77.6 Å². The van der Waals surface area contributed by atoms with Gasteiger partial charge in [0.2, 0.25) is 0 Å². The molecule has 5 heterocycles. The third kappa shape index (κ3) is 6.08. The molecular weight excluding hydrogens is 622 g/mol. The lowest BCUT2D eigenvalue weighted by Gasteiger charge is -2.39. The molecule has 1 saturated carbocycles. The summed E-state index contributed by atoms with van der Waals surface area (Å²) in [6.45, 7) is 10.5. The molecule has 248 valence electrons.